The highest BCUT2D eigenvalue weighted by molar-refractivity contribution is 7.89. The summed E-state index contributed by atoms with van der Waals surface area (Å²) in [6.45, 7) is 7.57. The Morgan fingerprint density at radius 2 is 1.85 bits per heavy atom. The van der Waals surface area contributed by atoms with Gasteiger partial charge in [0.25, 0.3) is 10.0 Å². The number of sulfonamides is 1. The van der Waals surface area contributed by atoms with Gasteiger partial charge in [0.1, 0.15) is 0 Å². The quantitative estimate of drug-likeness (QED) is 0.880. The Hall–Kier alpha value is -1.05. The SMILES string of the molecule is CC1(C)C(N)C(C)(C)C1NS(=O)(=O)c1ncccc1F. The smallest absolute Gasteiger partial charge is 0.261 e. The zero-order valence-corrected chi connectivity index (χ0v) is 12.8. The molecule has 3 N–H and O–H groups in total. The molecule has 1 aromatic rings. The van der Waals surface area contributed by atoms with Gasteiger partial charge >= 0.3 is 0 Å². The van der Waals surface area contributed by atoms with Gasteiger partial charge in [0.05, 0.1) is 0 Å². The Balaban J connectivity index is 2.33. The molecule has 0 bridgehead atoms. The minimum atomic E-state index is -4.01. The minimum Gasteiger partial charge on any atom is -0.327 e. The number of hydrogen-bond acceptors (Lipinski definition) is 4. The molecule has 0 saturated heterocycles. The van der Waals surface area contributed by atoms with Crippen molar-refractivity contribution < 1.29 is 12.8 Å². The molecule has 20 heavy (non-hydrogen) atoms. The molecule has 5 nitrogen and oxygen atoms in total. The van der Waals surface area contributed by atoms with E-state index in [2.05, 4.69) is 9.71 Å². The molecule has 0 aromatic carbocycles. The number of nitrogens with two attached hydrogens (primary N) is 1. The third-order valence-electron chi connectivity index (χ3n) is 4.34. The van der Waals surface area contributed by atoms with Crippen molar-refractivity contribution in [2.75, 3.05) is 0 Å². The zero-order chi connectivity index (χ0) is 15.3. The second kappa shape index (κ2) is 4.47. The standard InChI is InChI=1S/C13H20FN3O2S/c1-12(2)10(15)13(3,4)11(12)17-20(18,19)9-8(14)6-5-7-16-9/h5-7,10-11,17H,15H2,1-4H3. The lowest BCUT2D eigenvalue weighted by Crippen LogP contribution is -2.76. The van der Waals surface area contributed by atoms with Gasteiger partial charge in [-0.25, -0.2) is 22.5 Å². The Bertz CT molecular complexity index is 612. The van der Waals surface area contributed by atoms with Crippen LogP contribution in [0.15, 0.2) is 23.4 Å². The maximum Gasteiger partial charge on any atom is 0.261 e. The maximum atomic E-state index is 13.6. The fourth-order valence-electron chi connectivity index (χ4n) is 3.26. The molecule has 1 aliphatic carbocycles. The largest absolute Gasteiger partial charge is 0.327 e. The summed E-state index contributed by atoms with van der Waals surface area (Å²) < 4.78 is 40.7. The van der Waals surface area contributed by atoms with E-state index in [9.17, 15) is 12.8 Å². The number of halogens is 1. The van der Waals surface area contributed by atoms with Crippen molar-refractivity contribution in [2.24, 2.45) is 16.6 Å². The number of nitrogens with zero attached hydrogens (tertiary/aromatic N) is 1. The first-order valence-electron chi connectivity index (χ1n) is 6.39. The van der Waals surface area contributed by atoms with Crippen molar-refractivity contribution in [1.29, 1.82) is 0 Å². The molecular formula is C13H20FN3O2S. The Kier molecular flexibility index (Phi) is 3.43. The summed E-state index contributed by atoms with van der Waals surface area (Å²) in [5.41, 5.74) is 5.29. The third kappa shape index (κ3) is 2.13. The summed E-state index contributed by atoms with van der Waals surface area (Å²) in [6, 6.07) is 1.90. The maximum absolute atomic E-state index is 13.6. The van der Waals surface area contributed by atoms with Crippen molar-refractivity contribution in [3.05, 3.63) is 24.1 Å². The summed E-state index contributed by atoms with van der Waals surface area (Å²) in [6.07, 6.45) is 1.25. The lowest BCUT2D eigenvalue weighted by molar-refractivity contribution is -0.0594. The van der Waals surface area contributed by atoms with E-state index in [-0.39, 0.29) is 12.1 Å². The molecule has 1 fully saturated rings. The molecule has 2 rings (SSSR count). The number of nitrogens with one attached hydrogen (secondary N) is 1. The van der Waals surface area contributed by atoms with Crippen LogP contribution in [0.25, 0.3) is 0 Å². The zero-order valence-electron chi connectivity index (χ0n) is 12.0. The van der Waals surface area contributed by atoms with Gasteiger partial charge in [-0.2, -0.15) is 0 Å². The van der Waals surface area contributed by atoms with Crippen LogP contribution in [0.5, 0.6) is 0 Å². The molecular weight excluding hydrogens is 281 g/mol. The lowest BCUT2D eigenvalue weighted by atomic mass is 9.49. The lowest BCUT2D eigenvalue weighted by Gasteiger charge is -2.62. The van der Waals surface area contributed by atoms with E-state index in [0.29, 0.717) is 0 Å². The average Bonchev–Trinajstić information content (AvgIpc) is 2.35. The summed E-state index contributed by atoms with van der Waals surface area (Å²) in [5, 5.41) is -0.577. The Morgan fingerprint density at radius 1 is 1.30 bits per heavy atom. The topological polar surface area (TPSA) is 85.1 Å². The predicted octanol–water partition coefficient (Wildman–Crippen LogP) is 1.26. The van der Waals surface area contributed by atoms with Gasteiger partial charge in [-0.3, -0.25) is 0 Å². The van der Waals surface area contributed by atoms with Crippen molar-refractivity contribution >= 4 is 10.0 Å². The first-order chi connectivity index (χ1) is 9.01. The van der Waals surface area contributed by atoms with E-state index in [0.717, 1.165) is 6.07 Å². The van der Waals surface area contributed by atoms with Crippen molar-refractivity contribution in [3.8, 4) is 0 Å². The molecule has 1 aromatic heterocycles. The fourth-order valence-corrected chi connectivity index (χ4v) is 4.82. The predicted molar refractivity (Wildman–Crippen MR) is 73.8 cm³/mol. The van der Waals surface area contributed by atoms with Gasteiger partial charge < -0.3 is 5.73 Å². The number of rotatable bonds is 3. The van der Waals surface area contributed by atoms with Gasteiger partial charge in [0, 0.05) is 18.3 Å². The van der Waals surface area contributed by atoms with E-state index in [1.165, 1.54) is 12.3 Å². The fraction of sp³-hybridized carbons (Fsp3) is 0.615. The molecule has 1 heterocycles. The van der Waals surface area contributed by atoms with Crippen LogP contribution < -0.4 is 10.5 Å². The average molecular weight is 301 g/mol. The second-order valence-electron chi connectivity index (χ2n) is 6.47. The molecule has 112 valence electrons. The molecule has 7 heteroatoms. The van der Waals surface area contributed by atoms with Gasteiger partial charge in [-0.05, 0) is 23.0 Å². The highest BCUT2D eigenvalue weighted by atomic mass is 32.2. The molecule has 0 amide bonds. The van der Waals surface area contributed by atoms with E-state index in [1.54, 1.807) is 0 Å². The van der Waals surface area contributed by atoms with Gasteiger partial charge in [0.15, 0.2) is 5.82 Å². The highest BCUT2D eigenvalue weighted by Crippen LogP contribution is 2.52. The van der Waals surface area contributed by atoms with Gasteiger partial charge in [0.2, 0.25) is 5.03 Å². The van der Waals surface area contributed by atoms with Crippen LogP contribution in [-0.4, -0.2) is 25.5 Å². The van der Waals surface area contributed by atoms with Crippen LogP contribution in [0.4, 0.5) is 4.39 Å². The number of hydrogen-bond donors (Lipinski definition) is 2. The van der Waals surface area contributed by atoms with Crippen molar-refractivity contribution in [2.45, 2.75) is 44.8 Å². The Labute approximate surface area is 118 Å². The van der Waals surface area contributed by atoms with Gasteiger partial charge in [-0.15, -0.1) is 0 Å². The van der Waals surface area contributed by atoms with Crippen molar-refractivity contribution in [1.82, 2.24) is 9.71 Å². The summed E-state index contributed by atoms with van der Waals surface area (Å²) in [4.78, 5) is 3.62. The van der Waals surface area contributed by atoms with E-state index in [1.807, 2.05) is 27.7 Å². The normalized spacial score (nSPS) is 27.9. The summed E-state index contributed by atoms with van der Waals surface area (Å²) in [5.74, 6) is -0.862. The molecule has 0 radical (unpaired) electrons. The highest BCUT2D eigenvalue weighted by Gasteiger charge is 2.61. The monoisotopic (exact) mass is 301 g/mol. The van der Waals surface area contributed by atoms with Crippen LogP contribution in [0.1, 0.15) is 27.7 Å². The molecule has 1 aliphatic rings. The first-order valence-corrected chi connectivity index (χ1v) is 7.88. The van der Waals surface area contributed by atoms with E-state index >= 15 is 0 Å². The van der Waals surface area contributed by atoms with Crippen LogP contribution in [-0.2, 0) is 10.0 Å². The van der Waals surface area contributed by atoms with Crippen LogP contribution in [0.2, 0.25) is 0 Å². The third-order valence-corrected chi connectivity index (χ3v) is 5.70. The summed E-state index contributed by atoms with van der Waals surface area (Å²) >= 11 is 0. The molecule has 0 unspecified atom stereocenters. The van der Waals surface area contributed by atoms with Crippen molar-refractivity contribution in [3.63, 3.8) is 0 Å². The van der Waals surface area contributed by atoms with Crippen LogP contribution in [0.3, 0.4) is 0 Å². The van der Waals surface area contributed by atoms with E-state index in [4.69, 9.17) is 5.73 Å². The minimum absolute atomic E-state index is 0.142. The molecule has 0 aliphatic heterocycles. The second-order valence-corrected chi connectivity index (χ2v) is 8.09. The molecule has 0 spiro atoms. The van der Waals surface area contributed by atoms with E-state index < -0.39 is 31.7 Å². The van der Waals surface area contributed by atoms with Gasteiger partial charge in [-0.1, -0.05) is 27.7 Å². The van der Waals surface area contributed by atoms with Crippen LogP contribution >= 0.6 is 0 Å². The number of pyridine rings is 1. The van der Waals surface area contributed by atoms with Crippen LogP contribution in [0, 0.1) is 16.6 Å². The Morgan fingerprint density at radius 3 is 2.35 bits per heavy atom. The molecule has 0 atom stereocenters. The molecule has 1 saturated carbocycles. The first kappa shape index (κ1) is 15.3. The summed E-state index contributed by atoms with van der Waals surface area (Å²) in [7, 11) is -4.01. The number of aromatic nitrogens is 1.